The Morgan fingerprint density at radius 2 is 1.25 bits per heavy atom. The van der Waals surface area contributed by atoms with Gasteiger partial charge in [-0.25, -0.2) is 0 Å². The molecule has 3 rings (SSSR count). The van der Waals surface area contributed by atoms with Gasteiger partial charge < -0.3 is 10.6 Å². The Balaban J connectivity index is 0.000000357. The molecular formula is C18H26N2. The van der Waals surface area contributed by atoms with Crippen molar-refractivity contribution in [1.82, 2.24) is 0 Å². The van der Waals surface area contributed by atoms with Crippen molar-refractivity contribution >= 4 is 22.7 Å². The Morgan fingerprint density at radius 3 is 1.85 bits per heavy atom. The predicted molar refractivity (Wildman–Crippen MR) is 91.5 cm³/mol. The summed E-state index contributed by atoms with van der Waals surface area (Å²) in [6, 6.07) is 14.5. The number of nitrogens with one attached hydrogen (secondary N) is 2. The van der Waals surface area contributed by atoms with E-state index in [1.54, 1.807) is 0 Å². The Morgan fingerprint density at radius 1 is 0.750 bits per heavy atom. The number of benzene rings is 2. The van der Waals surface area contributed by atoms with Gasteiger partial charge in [-0.05, 0) is 30.7 Å². The summed E-state index contributed by atoms with van der Waals surface area (Å²) < 4.78 is 0. The van der Waals surface area contributed by atoms with Crippen molar-refractivity contribution < 1.29 is 0 Å². The summed E-state index contributed by atoms with van der Waals surface area (Å²) in [4.78, 5) is 0. The molecule has 0 amide bonds. The monoisotopic (exact) mass is 270 g/mol. The van der Waals surface area contributed by atoms with Crippen LogP contribution in [0.4, 0.5) is 22.7 Å². The molecular weight excluding hydrogens is 244 g/mol. The molecule has 2 N–H and O–H groups in total. The zero-order valence-corrected chi connectivity index (χ0v) is 13.2. The number of anilines is 4. The maximum absolute atomic E-state index is 3.45. The van der Waals surface area contributed by atoms with Crippen LogP contribution in [0.5, 0.6) is 0 Å². The molecule has 108 valence electrons. The molecule has 2 nitrogen and oxygen atoms in total. The molecule has 1 heterocycles. The first kappa shape index (κ1) is 16.1. The summed E-state index contributed by atoms with van der Waals surface area (Å²) >= 11 is 0. The summed E-state index contributed by atoms with van der Waals surface area (Å²) in [5, 5.41) is 6.87. The molecule has 2 aromatic rings. The van der Waals surface area contributed by atoms with E-state index in [1.165, 1.54) is 17.7 Å². The van der Waals surface area contributed by atoms with E-state index in [9.17, 15) is 0 Å². The highest BCUT2D eigenvalue weighted by Gasteiger charge is 2.14. The molecule has 0 bridgehead atoms. The lowest BCUT2D eigenvalue weighted by Crippen LogP contribution is -2.06. The summed E-state index contributed by atoms with van der Waals surface area (Å²) in [5.74, 6) is 0. The minimum absolute atomic E-state index is 1.13. The summed E-state index contributed by atoms with van der Waals surface area (Å²) in [5.41, 5.74) is 5.86. The maximum Gasteiger partial charge on any atom is 0.0653 e. The van der Waals surface area contributed by atoms with Gasteiger partial charge in [0, 0.05) is 0 Å². The fourth-order valence-electron chi connectivity index (χ4n) is 1.92. The molecule has 0 atom stereocenters. The minimum atomic E-state index is 1.13. The lowest BCUT2D eigenvalue weighted by atomic mass is 10.1. The molecule has 0 aliphatic carbocycles. The van der Waals surface area contributed by atoms with E-state index in [1.807, 2.05) is 26.0 Å². The van der Waals surface area contributed by atoms with Crippen molar-refractivity contribution in [3.05, 3.63) is 48.0 Å². The number of fused-ring (bicyclic) bond motifs is 2. The topological polar surface area (TPSA) is 24.1 Å². The van der Waals surface area contributed by atoms with E-state index in [0.29, 0.717) is 0 Å². The van der Waals surface area contributed by atoms with Crippen LogP contribution in [0.25, 0.3) is 0 Å². The van der Waals surface area contributed by atoms with E-state index in [2.05, 4.69) is 61.7 Å². The van der Waals surface area contributed by atoms with Gasteiger partial charge in [-0.2, -0.15) is 0 Å². The molecule has 0 saturated heterocycles. The Labute approximate surface area is 123 Å². The SMILES string of the molecule is CC.CCC.Cc1cccc2c1Nc1ccccc1N2. The van der Waals surface area contributed by atoms with Gasteiger partial charge in [0.2, 0.25) is 0 Å². The molecule has 2 heteroatoms. The van der Waals surface area contributed by atoms with Crippen LogP contribution in [0.2, 0.25) is 0 Å². The molecule has 0 spiro atoms. The Bertz CT molecular complexity index is 533. The Kier molecular flexibility index (Phi) is 6.65. The summed E-state index contributed by atoms with van der Waals surface area (Å²) in [6.07, 6.45) is 1.25. The van der Waals surface area contributed by atoms with Crippen molar-refractivity contribution in [3.8, 4) is 0 Å². The van der Waals surface area contributed by atoms with Gasteiger partial charge in [0.15, 0.2) is 0 Å². The molecule has 0 unspecified atom stereocenters. The number of hydrogen-bond acceptors (Lipinski definition) is 2. The highest BCUT2D eigenvalue weighted by molar-refractivity contribution is 5.91. The van der Waals surface area contributed by atoms with Crippen LogP contribution < -0.4 is 10.6 Å². The smallest absolute Gasteiger partial charge is 0.0653 e. The van der Waals surface area contributed by atoms with Crippen LogP contribution >= 0.6 is 0 Å². The average molecular weight is 270 g/mol. The lowest BCUT2D eigenvalue weighted by Gasteiger charge is -2.24. The van der Waals surface area contributed by atoms with Gasteiger partial charge in [0.25, 0.3) is 0 Å². The van der Waals surface area contributed by atoms with Crippen LogP contribution in [-0.4, -0.2) is 0 Å². The minimum Gasteiger partial charge on any atom is -0.352 e. The van der Waals surface area contributed by atoms with Crippen molar-refractivity contribution in [2.45, 2.75) is 41.0 Å². The first-order valence-corrected chi connectivity index (χ1v) is 7.49. The Hall–Kier alpha value is -1.96. The van der Waals surface area contributed by atoms with Gasteiger partial charge in [0.05, 0.1) is 22.7 Å². The zero-order chi connectivity index (χ0) is 15.0. The predicted octanol–water partition coefficient (Wildman–Crippen LogP) is 6.24. The molecule has 20 heavy (non-hydrogen) atoms. The molecule has 0 radical (unpaired) electrons. The van der Waals surface area contributed by atoms with E-state index in [4.69, 9.17) is 0 Å². The highest BCUT2D eigenvalue weighted by atomic mass is 15.0. The quantitative estimate of drug-likeness (QED) is 0.505. The molecule has 1 aliphatic heterocycles. The first-order valence-electron chi connectivity index (χ1n) is 7.49. The van der Waals surface area contributed by atoms with Crippen molar-refractivity contribution in [2.75, 3.05) is 10.6 Å². The highest BCUT2D eigenvalue weighted by Crippen LogP contribution is 2.39. The molecule has 0 fully saturated rings. The number of hydrogen-bond donors (Lipinski definition) is 2. The van der Waals surface area contributed by atoms with E-state index >= 15 is 0 Å². The van der Waals surface area contributed by atoms with E-state index in [-0.39, 0.29) is 0 Å². The first-order chi connectivity index (χ1) is 9.76. The van der Waals surface area contributed by atoms with Crippen molar-refractivity contribution in [3.63, 3.8) is 0 Å². The fourth-order valence-corrected chi connectivity index (χ4v) is 1.92. The maximum atomic E-state index is 3.45. The van der Waals surface area contributed by atoms with Crippen LogP contribution in [0.1, 0.15) is 39.7 Å². The summed E-state index contributed by atoms with van der Waals surface area (Å²) in [6.45, 7) is 10.4. The van der Waals surface area contributed by atoms with Gasteiger partial charge in [-0.15, -0.1) is 0 Å². The van der Waals surface area contributed by atoms with Crippen LogP contribution in [0.15, 0.2) is 42.5 Å². The zero-order valence-electron chi connectivity index (χ0n) is 13.2. The van der Waals surface area contributed by atoms with Crippen LogP contribution in [0, 0.1) is 6.92 Å². The lowest BCUT2D eigenvalue weighted by molar-refractivity contribution is 1.09. The second-order valence-electron chi connectivity index (χ2n) is 4.50. The van der Waals surface area contributed by atoms with Crippen molar-refractivity contribution in [1.29, 1.82) is 0 Å². The van der Waals surface area contributed by atoms with Crippen molar-refractivity contribution in [2.24, 2.45) is 0 Å². The number of para-hydroxylation sites is 3. The normalized spacial score (nSPS) is 10.2. The van der Waals surface area contributed by atoms with Gasteiger partial charge >= 0.3 is 0 Å². The second kappa shape index (κ2) is 8.26. The molecule has 1 aliphatic rings. The van der Waals surface area contributed by atoms with Crippen LogP contribution in [0.3, 0.4) is 0 Å². The van der Waals surface area contributed by atoms with Gasteiger partial charge in [-0.1, -0.05) is 58.4 Å². The van der Waals surface area contributed by atoms with E-state index in [0.717, 1.165) is 17.1 Å². The van der Waals surface area contributed by atoms with Gasteiger partial charge in [0.1, 0.15) is 0 Å². The van der Waals surface area contributed by atoms with Gasteiger partial charge in [-0.3, -0.25) is 0 Å². The third-order valence-corrected chi connectivity index (χ3v) is 2.73. The number of aryl methyl sites for hydroxylation is 1. The average Bonchev–Trinajstić information content (AvgIpc) is 2.49. The largest absolute Gasteiger partial charge is 0.352 e. The molecule has 0 aromatic heterocycles. The van der Waals surface area contributed by atoms with Crippen LogP contribution in [-0.2, 0) is 0 Å². The standard InChI is InChI=1S/C13H12N2.C3H8.C2H6/c1-9-5-4-8-12-13(9)15-11-7-3-2-6-10(11)14-12;1-3-2;1-2/h2-8,14-15H,1H3;3H2,1-2H3;1-2H3. The van der Waals surface area contributed by atoms with E-state index < -0.39 is 0 Å². The second-order valence-corrected chi connectivity index (χ2v) is 4.50. The third kappa shape index (κ3) is 3.77. The molecule has 0 saturated carbocycles. The number of rotatable bonds is 0. The molecule has 2 aromatic carbocycles. The third-order valence-electron chi connectivity index (χ3n) is 2.73. The fraction of sp³-hybridized carbons (Fsp3) is 0.333. The summed E-state index contributed by atoms with van der Waals surface area (Å²) in [7, 11) is 0.